The molecule has 39 heavy (non-hydrogen) atoms. The van der Waals surface area contributed by atoms with E-state index in [1.165, 1.54) is 25.7 Å². The largest absolute Gasteiger partial charge is 0.468 e. The van der Waals surface area contributed by atoms with Gasteiger partial charge in [-0.3, -0.25) is 19.4 Å². The fourth-order valence-corrected chi connectivity index (χ4v) is 4.11. The zero-order chi connectivity index (χ0) is 28.9. The summed E-state index contributed by atoms with van der Waals surface area (Å²) in [5, 5.41) is 5.96. The number of benzene rings is 1. The fraction of sp³-hybridized carbons (Fsp3) is 0.536. The second kappa shape index (κ2) is 16.0. The lowest BCUT2D eigenvalue weighted by Gasteiger charge is -2.35. The molecule has 2 amide bonds. The summed E-state index contributed by atoms with van der Waals surface area (Å²) < 4.78 is 11.3. The van der Waals surface area contributed by atoms with Crippen LogP contribution in [0.15, 0.2) is 48.9 Å². The molecule has 1 aromatic carbocycles. The molecule has 0 aliphatic rings. The highest BCUT2D eigenvalue weighted by atomic mass is 16.5. The number of nitrogens with one attached hydrogen (secondary N) is 2. The predicted molar refractivity (Wildman–Crippen MR) is 151 cm³/mol. The smallest absolute Gasteiger partial charge is 0.406 e. The molecule has 2 rings (SSSR count). The van der Waals surface area contributed by atoms with Gasteiger partial charge in [0.15, 0.2) is 0 Å². The van der Waals surface area contributed by atoms with Gasteiger partial charge in [-0.25, -0.2) is 4.98 Å². The second-order valence-corrected chi connectivity index (χ2v) is 10.5. The number of aromatic nitrogens is 2. The minimum absolute atomic E-state index is 0.117. The van der Waals surface area contributed by atoms with Gasteiger partial charge in [0.1, 0.15) is 11.7 Å². The van der Waals surface area contributed by atoms with Gasteiger partial charge in [-0.15, -0.1) is 0 Å². The highest BCUT2D eigenvalue weighted by Gasteiger charge is 2.39. The van der Waals surface area contributed by atoms with E-state index in [1.807, 2.05) is 44.2 Å². The van der Waals surface area contributed by atoms with E-state index in [9.17, 15) is 14.4 Å². The van der Waals surface area contributed by atoms with Crippen LogP contribution >= 0.6 is 0 Å². The summed E-state index contributed by atoms with van der Waals surface area (Å²) in [6.07, 6.45) is 5.12. The predicted octanol–water partition coefficient (Wildman–Crippen LogP) is 2.54. The maximum absolute atomic E-state index is 13.8. The first kappa shape index (κ1) is 31.9. The number of ether oxygens (including phenoxy) is 1. The third kappa shape index (κ3) is 10.4. The van der Waals surface area contributed by atoms with E-state index >= 15 is 0 Å². The van der Waals surface area contributed by atoms with Crippen LogP contribution in [0.2, 0.25) is 0 Å². The van der Waals surface area contributed by atoms with Crippen molar-refractivity contribution in [2.75, 3.05) is 20.8 Å². The summed E-state index contributed by atoms with van der Waals surface area (Å²) in [5.41, 5.74) is 1.01. The van der Waals surface area contributed by atoms with E-state index in [0.717, 1.165) is 5.56 Å². The molecule has 11 heteroatoms. The SMILES string of the molecule is COC(=O)[C@@H](C)N(C)B(OCC(C)C)[C@H](CC(C)C)NC(=O)[C@H](Cc1ccccc1)NC(=O)c1cnccn1. The van der Waals surface area contributed by atoms with E-state index in [2.05, 4.69) is 34.4 Å². The van der Waals surface area contributed by atoms with Crippen LogP contribution < -0.4 is 10.6 Å². The van der Waals surface area contributed by atoms with Crippen LogP contribution in [-0.4, -0.2) is 78.4 Å². The van der Waals surface area contributed by atoms with Gasteiger partial charge >= 0.3 is 13.0 Å². The van der Waals surface area contributed by atoms with E-state index in [-0.39, 0.29) is 29.9 Å². The molecule has 0 saturated heterocycles. The average molecular weight is 539 g/mol. The second-order valence-electron chi connectivity index (χ2n) is 10.5. The summed E-state index contributed by atoms with van der Waals surface area (Å²) in [7, 11) is 2.52. The molecule has 0 radical (unpaired) electrons. The lowest BCUT2D eigenvalue weighted by Crippen LogP contribution is -2.62. The Hall–Kier alpha value is -3.31. The van der Waals surface area contributed by atoms with Crippen LogP contribution in [0.3, 0.4) is 0 Å². The lowest BCUT2D eigenvalue weighted by molar-refractivity contribution is -0.144. The quantitative estimate of drug-likeness (QED) is 0.262. The van der Waals surface area contributed by atoms with Crippen LogP contribution in [0, 0.1) is 11.8 Å². The van der Waals surface area contributed by atoms with Crippen LogP contribution in [0.25, 0.3) is 0 Å². The average Bonchev–Trinajstić information content (AvgIpc) is 2.92. The molecule has 0 unspecified atom stereocenters. The molecule has 0 fully saturated rings. The van der Waals surface area contributed by atoms with Crippen molar-refractivity contribution in [1.29, 1.82) is 0 Å². The van der Waals surface area contributed by atoms with Crippen molar-refractivity contribution in [2.45, 2.75) is 65.5 Å². The Morgan fingerprint density at radius 1 is 1.00 bits per heavy atom. The van der Waals surface area contributed by atoms with Gasteiger partial charge in [-0.1, -0.05) is 58.0 Å². The first-order valence-electron chi connectivity index (χ1n) is 13.4. The van der Waals surface area contributed by atoms with Gasteiger partial charge < -0.3 is 24.8 Å². The number of hydrogen-bond donors (Lipinski definition) is 2. The Labute approximate surface area is 232 Å². The Morgan fingerprint density at radius 3 is 2.26 bits per heavy atom. The number of rotatable bonds is 15. The zero-order valence-corrected chi connectivity index (χ0v) is 24.1. The number of carbonyl (C=O) groups excluding carboxylic acids is 3. The molecule has 1 aromatic heterocycles. The molecule has 0 aliphatic heterocycles. The molecule has 1 heterocycles. The maximum Gasteiger partial charge on any atom is 0.406 e. The number of methoxy groups -OCH3 is 1. The van der Waals surface area contributed by atoms with Gasteiger partial charge in [0.05, 0.1) is 25.3 Å². The summed E-state index contributed by atoms with van der Waals surface area (Å²) in [4.78, 5) is 48.9. The maximum atomic E-state index is 13.8. The van der Waals surface area contributed by atoms with Crippen LogP contribution in [-0.2, 0) is 25.4 Å². The zero-order valence-electron chi connectivity index (χ0n) is 24.1. The van der Waals surface area contributed by atoms with Gasteiger partial charge in [-0.05, 0) is 37.8 Å². The minimum atomic E-state index is -0.884. The van der Waals surface area contributed by atoms with E-state index in [0.29, 0.717) is 13.0 Å². The third-order valence-corrected chi connectivity index (χ3v) is 6.25. The minimum Gasteiger partial charge on any atom is -0.468 e. The van der Waals surface area contributed by atoms with Gasteiger partial charge in [0.2, 0.25) is 5.91 Å². The van der Waals surface area contributed by atoms with Crippen molar-refractivity contribution >= 4 is 24.8 Å². The van der Waals surface area contributed by atoms with Crippen molar-refractivity contribution in [3.05, 3.63) is 60.2 Å². The normalized spacial score (nSPS) is 13.6. The molecule has 0 spiro atoms. The van der Waals surface area contributed by atoms with E-state index in [4.69, 9.17) is 9.39 Å². The Bertz CT molecular complexity index is 1040. The third-order valence-electron chi connectivity index (χ3n) is 6.25. The molecule has 0 bridgehead atoms. The molecule has 0 saturated carbocycles. The number of esters is 1. The number of hydrogen-bond acceptors (Lipinski definition) is 8. The Morgan fingerprint density at radius 2 is 1.69 bits per heavy atom. The Balaban J connectivity index is 2.37. The summed E-state index contributed by atoms with van der Waals surface area (Å²) in [5.74, 6) is -1.28. The summed E-state index contributed by atoms with van der Waals surface area (Å²) in [6.45, 7) is 10.4. The van der Waals surface area contributed by atoms with E-state index in [1.54, 1.807) is 18.8 Å². The first-order valence-corrected chi connectivity index (χ1v) is 13.4. The molecule has 2 aromatic rings. The molecule has 0 aliphatic carbocycles. The van der Waals surface area contributed by atoms with Gasteiger partial charge in [0.25, 0.3) is 5.91 Å². The number of nitrogens with zero attached hydrogens (tertiary/aromatic N) is 3. The first-order chi connectivity index (χ1) is 18.5. The highest BCUT2D eigenvalue weighted by molar-refractivity contribution is 6.51. The molecule has 3 atom stereocenters. The molecule has 212 valence electrons. The highest BCUT2D eigenvalue weighted by Crippen LogP contribution is 2.16. The van der Waals surface area contributed by atoms with Crippen LogP contribution in [0.4, 0.5) is 0 Å². The molecular formula is C28H42BN5O5. The van der Waals surface area contributed by atoms with Crippen molar-refractivity contribution in [3.8, 4) is 0 Å². The van der Waals surface area contributed by atoms with E-state index < -0.39 is 37.0 Å². The standard InChI is InChI=1S/C28H42BN5O5/c1-19(2)15-25(29(39-18-20(3)4)34(6)21(5)28(37)38-7)33-26(35)23(16-22-11-9-8-10-12-22)32-27(36)24-17-30-13-14-31-24/h8-14,17,19-21,23,25H,15-16,18H2,1-7H3,(H,32,36)(H,33,35)/t21-,23+,25+/m1/s1. The number of likely N-dealkylation sites (N-methyl/N-ethyl adjacent to an activating group) is 1. The van der Waals surface area contributed by atoms with Gasteiger partial charge in [-0.2, -0.15) is 0 Å². The van der Waals surface area contributed by atoms with Crippen LogP contribution in [0.5, 0.6) is 0 Å². The fourth-order valence-electron chi connectivity index (χ4n) is 4.11. The van der Waals surface area contributed by atoms with Crippen LogP contribution in [0.1, 0.15) is 57.1 Å². The topological polar surface area (TPSA) is 123 Å². The number of amides is 2. The lowest BCUT2D eigenvalue weighted by atomic mass is 9.66. The molecule has 10 nitrogen and oxygen atoms in total. The van der Waals surface area contributed by atoms with Crippen molar-refractivity contribution in [1.82, 2.24) is 25.4 Å². The van der Waals surface area contributed by atoms with Gasteiger partial charge in [0, 0.05) is 25.4 Å². The molecular weight excluding hydrogens is 497 g/mol. The van der Waals surface area contributed by atoms with Crippen molar-refractivity contribution in [3.63, 3.8) is 0 Å². The Kier molecular flexibility index (Phi) is 13.1. The number of carbonyl (C=O) groups is 3. The van der Waals surface area contributed by atoms with Crippen molar-refractivity contribution < 1.29 is 23.8 Å². The monoisotopic (exact) mass is 539 g/mol. The molecule has 2 N–H and O–H groups in total. The summed E-state index contributed by atoms with van der Waals surface area (Å²) >= 11 is 0. The summed E-state index contributed by atoms with van der Waals surface area (Å²) in [6, 6.07) is 7.98. The van der Waals surface area contributed by atoms with Crippen molar-refractivity contribution in [2.24, 2.45) is 11.8 Å².